The van der Waals surface area contributed by atoms with Gasteiger partial charge in [0.1, 0.15) is 5.75 Å². The summed E-state index contributed by atoms with van der Waals surface area (Å²) in [5, 5.41) is 3.91. The van der Waals surface area contributed by atoms with Crippen molar-refractivity contribution in [2.24, 2.45) is 12.8 Å². The molecule has 0 aliphatic heterocycles. The first-order valence-corrected chi connectivity index (χ1v) is 7.33. The number of hydrogen-bond acceptors (Lipinski definition) is 5. The third-order valence-electron chi connectivity index (χ3n) is 2.74. The number of benzene rings is 1. The number of nitrogens with one attached hydrogen (secondary N) is 1. The molecule has 0 saturated carbocycles. The van der Waals surface area contributed by atoms with Gasteiger partial charge in [0.15, 0.2) is 0 Å². The Kier molecular flexibility index (Phi) is 3.96. The molecular weight excluding hydrogens is 280 g/mol. The minimum atomic E-state index is -3.67. The maximum absolute atomic E-state index is 12.2. The first-order chi connectivity index (χ1) is 9.46. The summed E-state index contributed by atoms with van der Waals surface area (Å²) in [6, 6.07) is 4.55. The zero-order chi connectivity index (χ0) is 14.8. The molecule has 0 radical (unpaired) electrons. The molecule has 0 fully saturated rings. The first-order valence-electron chi connectivity index (χ1n) is 5.84. The number of nitrogens with zero attached hydrogens (tertiary/aromatic N) is 2. The van der Waals surface area contributed by atoms with Crippen LogP contribution in [-0.4, -0.2) is 25.3 Å². The van der Waals surface area contributed by atoms with E-state index in [1.807, 2.05) is 0 Å². The molecule has 0 saturated heterocycles. The van der Waals surface area contributed by atoms with E-state index in [9.17, 15) is 8.42 Å². The molecule has 20 heavy (non-hydrogen) atoms. The van der Waals surface area contributed by atoms with Gasteiger partial charge in [0.2, 0.25) is 0 Å². The second kappa shape index (κ2) is 5.51. The van der Waals surface area contributed by atoms with Crippen LogP contribution in [0.1, 0.15) is 5.56 Å². The summed E-state index contributed by atoms with van der Waals surface area (Å²) in [4.78, 5) is 0.127. The van der Waals surface area contributed by atoms with Gasteiger partial charge in [-0.15, -0.1) is 0 Å². The predicted octanol–water partition coefficient (Wildman–Crippen LogP) is 0.688. The van der Waals surface area contributed by atoms with Crippen LogP contribution >= 0.6 is 0 Å². The maximum atomic E-state index is 12.2. The number of sulfonamides is 1. The molecule has 3 N–H and O–H groups in total. The zero-order valence-corrected chi connectivity index (χ0v) is 12.0. The first kappa shape index (κ1) is 14.4. The molecule has 0 spiro atoms. The SMILES string of the molecule is COc1ccc(S(=O)(=O)Nc2cnn(C)c2)cc1CN. The lowest BCUT2D eigenvalue weighted by atomic mass is 10.2. The van der Waals surface area contributed by atoms with Crippen molar-refractivity contribution in [1.29, 1.82) is 0 Å². The Hall–Kier alpha value is -2.06. The fourth-order valence-electron chi connectivity index (χ4n) is 1.77. The average molecular weight is 296 g/mol. The Morgan fingerprint density at radius 2 is 2.20 bits per heavy atom. The van der Waals surface area contributed by atoms with E-state index in [-0.39, 0.29) is 11.4 Å². The van der Waals surface area contributed by atoms with Crippen molar-refractivity contribution >= 4 is 15.7 Å². The van der Waals surface area contributed by atoms with E-state index in [1.165, 1.54) is 30.1 Å². The summed E-state index contributed by atoms with van der Waals surface area (Å²) in [6.45, 7) is 0.194. The normalized spacial score (nSPS) is 11.3. The van der Waals surface area contributed by atoms with Crippen LogP contribution in [-0.2, 0) is 23.6 Å². The van der Waals surface area contributed by atoms with E-state index in [2.05, 4.69) is 9.82 Å². The van der Waals surface area contributed by atoms with Crippen LogP contribution in [0.25, 0.3) is 0 Å². The lowest BCUT2D eigenvalue weighted by Gasteiger charge is -2.10. The molecule has 2 rings (SSSR count). The number of aryl methyl sites for hydroxylation is 1. The Labute approximate surface area is 117 Å². The third kappa shape index (κ3) is 2.91. The molecule has 0 atom stereocenters. The Bertz CT molecular complexity index is 709. The summed E-state index contributed by atoms with van der Waals surface area (Å²) in [5.74, 6) is 0.563. The molecular formula is C12H16N4O3S. The number of rotatable bonds is 5. The van der Waals surface area contributed by atoms with Crippen molar-refractivity contribution in [3.8, 4) is 5.75 Å². The van der Waals surface area contributed by atoms with E-state index >= 15 is 0 Å². The second-order valence-electron chi connectivity index (χ2n) is 4.19. The number of ether oxygens (including phenoxy) is 1. The van der Waals surface area contributed by atoms with Gasteiger partial charge >= 0.3 is 0 Å². The highest BCUT2D eigenvalue weighted by Crippen LogP contribution is 2.23. The highest BCUT2D eigenvalue weighted by atomic mass is 32.2. The molecule has 1 heterocycles. The van der Waals surface area contributed by atoms with Crippen molar-refractivity contribution in [2.45, 2.75) is 11.4 Å². The maximum Gasteiger partial charge on any atom is 0.262 e. The molecule has 0 bridgehead atoms. The number of aromatic nitrogens is 2. The van der Waals surface area contributed by atoms with Gasteiger partial charge in [0.25, 0.3) is 10.0 Å². The van der Waals surface area contributed by atoms with Crippen LogP contribution in [0.5, 0.6) is 5.75 Å². The summed E-state index contributed by atoms with van der Waals surface area (Å²) in [6.07, 6.45) is 3.01. The van der Waals surface area contributed by atoms with Gasteiger partial charge in [-0.1, -0.05) is 0 Å². The highest BCUT2D eigenvalue weighted by Gasteiger charge is 2.17. The summed E-state index contributed by atoms with van der Waals surface area (Å²) in [7, 11) is -0.455. The van der Waals surface area contributed by atoms with Gasteiger partial charge in [-0.05, 0) is 18.2 Å². The number of anilines is 1. The van der Waals surface area contributed by atoms with Crippen LogP contribution in [0.2, 0.25) is 0 Å². The second-order valence-corrected chi connectivity index (χ2v) is 5.87. The average Bonchev–Trinajstić information content (AvgIpc) is 2.82. The number of hydrogen-bond donors (Lipinski definition) is 2. The van der Waals surface area contributed by atoms with E-state index < -0.39 is 10.0 Å². The number of nitrogens with two attached hydrogens (primary N) is 1. The molecule has 2 aromatic rings. The van der Waals surface area contributed by atoms with Crippen LogP contribution in [0.15, 0.2) is 35.5 Å². The molecule has 0 unspecified atom stereocenters. The minimum Gasteiger partial charge on any atom is -0.496 e. The topological polar surface area (TPSA) is 99.2 Å². The molecule has 1 aromatic carbocycles. The quantitative estimate of drug-likeness (QED) is 0.845. The van der Waals surface area contributed by atoms with Crippen LogP contribution in [0.4, 0.5) is 5.69 Å². The third-order valence-corrected chi connectivity index (χ3v) is 4.12. The fourth-order valence-corrected chi connectivity index (χ4v) is 2.85. The van der Waals surface area contributed by atoms with Crippen molar-refractivity contribution in [3.63, 3.8) is 0 Å². The van der Waals surface area contributed by atoms with Gasteiger partial charge in [0, 0.05) is 25.4 Å². The van der Waals surface area contributed by atoms with Gasteiger partial charge in [-0.2, -0.15) is 5.10 Å². The van der Waals surface area contributed by atoms with Crippen LogP contribution in [0.3, 0.4) is 0 Å². The molecule has 1 aromatic heterocycles. The van der Waals surface area contributed by atoms with Crippen molar-refractivity contribution in [2.75, 3.05) is 11.8 Å². The van der Waals surface area contributed by atoms with Gasteiger partial charge in [-0.3, -0.25) is 9.40 Å². The van der Waals surface area contributed by atoms with Gasteiger partial charge in [0.05, 0.1) is 23.9 Å². The molecule has 7 nitrogen and oxygen atoms in total. The molecule has 8 heteroatoms. The van der Waals surface area contributed by atoms with Crippen LogP contribution < -0.4 is 15.2 Å². The fraction of sp³-hybridized carbons (Fsp3) is 0.250. The molecule has 108 valence electrons. The summed E-state index contributed by atoms with van der Waals surface area (Å²) in [5.41, 5.74) is 6.61. The van der Waals surface area contributed by atoms with Gasteiger partial charge in [-0.25, -0.2) is 8.42 Å². The van der Waals surface area contributed by atoms with E-state index in [1.54, 1.807) is 19.3 Å². The minimum absolute atomic E-state index is 0.127. The predicted molar refractivity (Wildman–Crippen MR) is 74.9 cm³/mol. The molecule has 0 aliphatic carbocycles. The zero-order valence-electron chi connectivity index (χ0n) is 11.2. The smallest absolute Gasteiger partial charge is 0.262 e. The number of methoxy groups -OCH3 is 1. The van der Waals surface area contributed by atoms with E-state index in [0.29, 0.717) is 17.0 Å². The largest absolute Gasteiger partial charge is 0.496 e. The summed E-state index contributed by atoms with van der Waals surface area (Å²) >= 11 is 0. The van der Waals surface area contributed by atoms with E-state index in [4.69, 9.17) is 10.5 Å². The van der Waals surface area contributed by atoms with Crippen molar-refractivity contribution in [3.05, 3.63) is 36.2 Å². The Morgan fingerprint density at radius 3 is 2.75 bits per heavy atom. The molecule has 0 amide bonds. The Balaban J connectivity index is 2.34. The van der Waals surface area contributed by atoms with Gasteiger partial charge < -0.3 is 10.5 Å². The van der Waals surface area contributed by atoms with E-state index in [0.717, 1.165) is 0 Å². The lowest BCUT2D eigenvalue weighted by molar-refractivity contribution is 0.409. The lowest BCUT2D eigenvalue weighted by Crippen LogP contribution is -2.13. The monoisotopic (exact) mass is 296 g/mol. The van der Waals surface area contributed by atoms with Crippen molar-refractivity contribution in [1.82, 2.24) is 9.78 Å². The molecule has 0 aliphatic rings. The standard InChI is InChI=1S/C12H16N4O3S/c1-16-8-10(7-14-16)15-20(17,18)11-3-4-12(19-2)9(5-11)6-13/h3-5,7-8,15H,6,13H2,1-2H3. The van der Waals surface area contributed by atoms with Crippen molar-refractivity contribution < 1.29 is 13.2 Å². The van der Waals surface area contributed by atoms with Crippen LogP contribution in [0, 0.1) is 0 Å². The Morgan fingerprint density at radius 1 is 1.45 bits per heavy atom. The summed E-state index contributed by atoms with van der Waals surface area (Å²) < 4.78 is 33.6. The highest BCUT2D eigenvalue weighted by molar-refractivity contribution is 7.92.